The molecule has 1 fully saturated rings. The minimum Gasteiger partial charge on any atom is -0.444 e. The molecule has 1 aromatic carbocycles. The number of ether oxygens (including phenoxy) is 1. The Bertz CT molecular complexity index is 812. The number of rotatable bonds is 2. The summed E-state index contributed by atoms with van der Waals surface area (Å²) in [4.78, 5) is 26.8. The lowest BCUT2D eigenvalue weighted by Gasteiger charge is -2.35. The fourth-order valence-electron chi connectivity index (χ4n) is 2.47. The van der Waals surface area contributed by atoms with Gasteiger partial charge < -0.3 is 14.5 Å². The van der Waals surface area contributed by atoms with Gasteiger partial charge in [-0.25, -0.2) is 22.7 Å². The van der Waals surface area contributed by atoms with Crippen LogP contribution < -0.4 is 5.14 Å². The van der Waals surface area contributed by atoms with E-state index < -0.39 is 38.3 Å². The van der Waals surface area contributed by atoms with Crippen LogP contribution in [0.2, 0.25) is 0 Å². The molecule has 8 nitrogen and oxygen atoms in total. The quantitative estimate of drug-likeness (QED) is 0.819. The van der Waals surface area contributed by atoms with E-state index in [0.717, 1.165) is 12.1 Å². The van der Waals surface area contributed by atoms with Gasteiger partial charge in [-0.3, -0.25) is 4.79 Å². The molecule has 2 amide bonds. The standard InChI is InChI=1S/C16H22FN3O5S/c1-16(2,3)25-15(22)20-8-6-19(7-9-20)14(21)11-4-5-13(12(17)10-11)26(18,23)24/h4-5,10H,6-9H2,1-3H3,(H2,18,23,24). The molecular formula is C16H22FN3O5S. The van der Waals surface area contributed by atoms with Gasteiger partial charge >= 0.3 is 6.09 Å². The van der Waals surface area contributed by atoms with Crippen molar-refractivity contribution in [1.82, 2.24) is 9.80 Å². The van der Waals surface area contributed by atoms with E-state index in [1.165, 1.54) is 15.9 Å². The van der Waals surface area contributed by atoms with E-state index in [-0.39, 0.29) is 18.7 Å². The molecule has 0 unspecified atom stereocenters. The first-order valence-electron chi connectivity index (χ1n) is 7.98. The first-order valence-corrected chi connectivity index (χ1v) is 9.53. The van der Waals surface area contributed by atoms with E-state index in [4.69, 9.17) is 9.88 Å². The van der Waals surface area contributed by atoms with Crippen molar-refractivity contribution in [3.05, 3.63) is 29.6 Å². The minimum absolute atomic E-state index is 0.0145. The molecule has 0 bridgehead atoms. The highest BCUT2D eigenvalue weighted by Gasteiger charge is 2.28. The average Bonchev–Trinajstić information content (AvgIpc) is 2.51. The summed E-state index contributed by atoms with van der Waals surface area (Å²) in [5, 5.41) is 4.90. The van der Waals surface area contributed by atoms with Crippen molar-refractivity contribution in [2.45, 2.75) is 31.3 Å². The van der Waals surface area contributed by atoms with Crippen molar-refractivity contribution >= 4 is 22.0 Å². The third-order valence-electron chi connectivity index (χ3n) is 3.70. The second-order valence-electron chi connectivity index (χ2n) is 6.95. The summed E-state index contributed by atoms with van der Waals surface area (Å²) in [6.07, 6.45) is -0.451. The van der Waals surface area contributed by atoms with Crippen LogP contribution in [-0.2, 0) is 14.8 Å². The molecule has 0 spiro atoms. The average molecular weight is 387 g/mol. The van der Waals surface area contributed by atoms with Crippen LogP contribution in [0.4, 0.5) is 9.18 Å². The number of hydrogen-bond acceptors (Lipinski definition) is 5. The largest absolute Gasteiger partial charge is 0.444 e. The van der Waals surface area contributed by atoms with Crippen LogP contribution >= 0.6 is 0 Å². The minimum atomic E-state index is -4.19. The lowest BCUT2D eigenvalue weighted by Crippen LogP contribution is -2.51. The lowest BCUT2D eigenvalue weighted by atomic mass is 10.1. The molecule has 10 heteroatoms. The Morgan fingerprint density at radius 2 is 1.65 bits per heavy atom. The SMILES string of the molecule is CC(C)(C)OC(=O)N1CCN(C(=O)c2ccc(S(N)(=O)=O)c(F)c2)CC1. The third kappa shape index (κ3) is 4.92. The maximum Gasteiger partial charge on any atom is 0.410 e. The van der Waals surface area contributed by atoms with Gasteiger partial charge in [0.2, 0.25) is 10.0 Å². The number of nitrogens with two attached hydrogens (primary N) is 1. The highest BCUT2D eigenvalue weighted by Crippen LogP contribution is 2.17. The number of nitrogens with zero attached hydrogens (tertiary/aromatic N) is 2. The number of primary sulfonamides is 1. The number of sulfonamides is 1. The molecule has 144 valence electrons. The highest BCUT2D eigenvalue weighted by atomic mass is 32.2. The van der Waals surface area contributed by atoms with Crippen LogP contribution in [0, 0.1) is 5.82 Å². The van der Waals surface area contributed by atoms with Gasteiger partial charge in [-0.2, -0.15) is 0 Å². The Labute approximate surface area is 151 Å². The summed E-state index contributed by atoms with van der Waals surface area (Å²) < 4.78 is 41.6. The van der Waals surface area contributed by atoms with Crippen molar-refractivity contribution in [3.8, 4) is 0 Å². The summed E-state index contributed by atoms with van der Waals surface area (Å²) in [6.45, 7) is 6.41. The second-order valence-corrected chi connectivity index (χ2v) is 8.48. The van der Waals surface area contributed by atoms with Crippen LogP contribution in [0.25, 0.3) is 0 Å². The van der Waals surface area contributed by atoms with Gasteiger partial charge in [0.05, 0.1) is 0 Å². The summed E-state index contributed by atoms with van der Waals surface area (Å²) >= 11 is 0. The van der Waals surface area contributed by atoms with Gasteiger partial charge in [0.15, 0.2) is 0 Å². The molecule has 2 N–H and O–H groups in total. The van der Waals surface area contributed by atoms with Crippen LogP contribution in [0.3, 0.4) is 0 Å². The maximum absolute atomic E-state index is 13.9. The Kier molecular flexibility index (Phi) is 5.57. The van der Waals surface area contributed by atoms with Gasteiger partial charge in [0, 0.05) is 31.7 Å². The molecule has 0 aliphatic carbocycles. The predicted molar refractivity (Wildman–Crippen MR) is 91.5 cm³/mol. The fraction of sp³-hybridized carbons (Fsp3) is 0.500. The Balaban J connectivity index is 2.03. The molecule has 1 aliphatic rings. The van der Waals surface area contributed by atoms with Gasteiger partial charge in [0.25, 0.3) is 5.91 Å². The van der Waals surface area contributed by atoms with E-state index in [9.17, 15) is 22.4 Å². The van der Waals surface area contributed by atoms with Crippen molar-refractivity contribution in [2.75, 3.05) is 26.2 Å². The summed E-state index contributed by atoms with van der Waals surface area (Å²) in [7, 11) is -4.19. The normalized spacial score (nSPS) is 15.7. The van der Waals surface area contributed by atoms with Crippen molar-refractivity contribution in [2.24, 2.45) is 5.14 Å². The number of piperazine rings is 1. The second kappa shape index (κ2) is 7.20. The van der Waals surface area contributed by atoms with E-state index in [2.05, 4.69) is 0 Å². The molecule has 0 atom stereocenters. The summed E-state index contributed by atoms with van der Waals surface area (Å²) in [5.41, 5.74) is -0.590. The Morgan fingerprint density at radius 1 is 1.12 bits per heavy atom. The van der Waals surface area contributed by atoms with Crippen LogP contribution in [0.15, 0.2) is 23.1 Å². The van der Waals surface area contributed by atoms with Gasteiger partial charge in [-0.1, -0.05) is 0 Å². The molecule has 1 saturated heterocycles. The van der Waals surface area contributed by atoms with Crippen LogP contribution in [0.1, 0.15) is 31.1 Å². The maximum atomic E-state index is 13.9. The Morgan fingerprint density at radius 3 is 2.12 bits per heavy atom. The van der Waals surface area contributed by atoms with Gasteiger partial charge in [-0.15, -0.1) is 0 Å². The summed E-state index contributed by atoms with van der Waals surface area (Å²) in [6, 6.07) is 3.03. The number of hydrogen-bond donors (Lipinski definition) is 1. The zero-order chi connectivity index (χ0) is 19.7. The van der Waals surface area contributed by atoms with Crippen molar-refractivity contribution in [3.63, 3.8) is 0 Å². The van der Waals surface area contributed by atoms with E-state index in [1.807, 2.05) is 0 Å². The molecule has 1 heterocycles. The number of benzene rings is 1. The monoisotopic (exact) mass is 387 g/mol. The van der Waals surface area contributed by atoms with Crippen LogP contribution in [0.5, 0.6) is 0 Å². The molecule has 26 heavy (non-hydrogen) atoms. The highest BCUT2D eigenvalue weighted by molar-refractivity contribution is 7.89. The summed E-state index contributed by atoms with van der Waals surface area (Å²) in [5.74, 6) is -1.53. The zero-order valence-corrected chi connectivity index (χ0v) is 15.7. The molecule has 1 aliphatic heterocycles. The first kappa shape index (κ1) is 20.1. The molecular weight excluding hydrogens is 365 g/mol. The molecule has 1 aromatic rings. The number of carbonyl (C=O) groups excluding carboxylic acids is 2. The lowest BCUT2D eigenvalue weighted by molar-refractivity contribution is 0.0141. The molecule has 2 rings (SSSR count). The first-order chi connectivity index (χ1) is 11.9. The van der Waals surface area contributed by atoms with Crippen molar-refractivity contribution < 1.29 is 27.1 Å². The number of carbonyl (C=O) groups is 2. The molecule has 0 aromatic heterocycles. The van der Waals surface area contributed by atoms with Gasteiger partial charge in [-0.05, 0) is 39.0 Å². The van der Waals surface area contributed by atoms with E-state index in [0.29, 0.717) is 13.1 Å². The smallest absolute Gasteiger partial charge is 0.410 e. The topological polar surface area (TPSA) is 110 Å². The fourth-order valence-corrected chi connectivity index (χ4v) is 3.05. The Hall–Kier alpha value is -2.20. The van der Waals surface area contributed by atoms with Gasteiger partial charge in [0.1, 0.15) is 16.3 Å². The number of amides is 2. The molecule has 0 radical (unpaired) electrons. The van der Waals surface area contributed by atoms with Crippen molar-refractivity contribution in [1.29, 1.82) is 0 Å². The van der Waals surface area contributed by atoms with E-state index in [1.54, 1.807) is 20.8 Å². The van der Waals surface area contributed by atoms with E-state index >= 15 is 0 Å². The zero-order valence-electron chi connectivity index (χ0n) is 14.9. The number of halogens is 1. The predicted octanol–water partition coefficient (Wildman–Crippen LogP) is 1.17. The van der Waals surface area contributed by atoms with Crippen LogP contribution in [-0.4, -0.2) is 62.0 Å². The third-order valence-corrected chi connectivity index (χ3v) is 4.65. The molecule has 0 saturated carbocycles.